The summed E-state index contributed by atoms with van der Waals surface area (Å²) in [5.74, 6) is 1.32. The molecule has 4 rings (SSSR count). The molecule has 2 heterocycles. The average molecular weight is 515 g/mol. The van der Waals surface area contributed by atoms with Crippen molar-refractivity contribution in [3.63, 3.8) is 0 Å². The van der Waals surface area contributed by atoms with Gasteiger partial charge in [0.1, 0.15) is 11.5 Å². The summed E-state index contributed by atoms with van der Waals surface area (Å²) in [4.78, 5) is 19.2. The number of aromatic nitrogens is 2. The number of methoxy groups -OCH3 is 1. The minimum Gasteiger partial charge on any atom is -0.496 e. The van der Waals surface area contributed by atoms with Crippen molar-refractivity contribution in [3.8, 4) is 22.9 Å². The van der Waals surface area contributed by atoms with Gasteiger partial charge in [0, 0.05) is 25.7 Å². The molecule has 2 aromatic carbocycles. The van der Waals surface area contributed by atoms with E-state index in [1.807, 2.05) is 6.92 Å². The predicted octanol–water partition coefficient (Wildman–Crippen LogP) is 3.59. The highest BCUT2D eigenvalue weighted by molar-refractivity contribution is 7.89. The Hall–Kier alpha value is -3.44. The molecule has 36 heavy (non-hydrogen) atoms. The van der Waals surface area contributed by atoms with Crippen molar-refractivity contribution in [2.75, 3.05) is 33.9 Å². The van der Waals surface area contributed by atoms with Gasteiger partial charge in [0.15, 0.2) is 0 Å². The van der Waals surface area contributed by atoms with E-state index in [2.05, 4.69) is 10.1 Å². The summed E-state index contributed by atoms with van der Waals surface area (Å²) in [5.41, 5.74) is 0.944. The molecule has 11 heteroatoms. The Kier molecular flexibility index (Phi) is 7.90. The molecule has 192 valence electrons. The van der Waals surface area contributed by atoms with Gasteiger partial charge < -0.3 is 18.9 Å². The third-order valence-electron chi connectivity index (χ3n) is 6.00. The van der Waals surface area contributed by atoms with Crippen LogP contribution in [0.4, 0.5) is 0 Å². The number of carbonyl (C=O) groups is 1. The van der Waals surface area contributed by atoms with Crippen LogP contribution in [0.1, 0.15) is 42.4 Å². The van der Waals surface area contributed by atoms with Crippen LogP contribution in [-0.4, -0.2) is 67.5 Å². The van der Waals surface area contributed by atoms with Crippen LogP contribution >= 0.6 is 0 Å². The zero-order valence-electron chi connectivity index (χ0n) is 20.6. The standard InChI is InChI=1S/C25H30N4O6S/c1-4-34-19-10-8-18(9-11-19)24-26-23(35-27-24)17-28(2)36(31,32)20-12-13-22(33-3)21(16-20)25(30)29-14-6-5-7-15-29/h8-13,16H,4-7,14-15,17H2,1-3H3. The molecule has 0 unspecified atom stereocenters. The summed E-state index contributed by atoms with van der Waals surface area (Å²) in [6.45, 7) is 3.63. The van der Waals surface area contributed by atoms with Crippen molar-refractivity contribution in [2.45, 2.75) is 37.6 Å². The Morgan fingerprint density at radius 3 is 2.50 bits per heavy atom. The largest absolute Gasteiger partial charge is 0.496 e. The smallest absolute Gasteiger partial charge is 0.257 e. The van der Waals surface area contributed by atoms with Crippen molar-refractivity contribution >= 4 is 15.9 Å². The van der Waals surface area contributed by atoms with Crippen molar-refractivity contribution in [1.29, 1.82) is 0 Å². The van der Waals surface area contributed by atoms with Gasteiger partial charge in [-0.3, -0.25) is 4.79 Å². The summed E-state index contributed by atoms with van der Waals surface area (Å²) in [6.07, 6.45) is 2.94. The molecular formula is C25H30N4O6S. The molecule has 1 aliphatic heterocycles. The number of benzene rings is 2. The fourth-order valence-corrected chi connectivity index (χ4v) is 5.19. The number of likely N-dealkylation sites (tertiary alicyclic amines) is 1. The van der Waals surface area contributed by atoms with Crippen LogP contribution in [0.3, 0.4) is 0 Å². The van der Waals surface area contributed by atoms with E-state index in [0.29, 0.717) is 31.3 Å². The summed E-state index contributed by atoms with van der Waals surface area (Å²) in [5, 5.41) is 3.97. The fourth-order valence-electron chi connectivity index (χ4n) is 4.04. The molecule has 0 saturated carbocycles. The summed E-state index contributed by atoms with van der Waals surface area (Å²) in [7, 11) is -1.07. The topological polar surface area (TPSA) is 115 Å². The van der Waals surface area contributed by atoms with E-state index in [1.54, 1.807) is 29.2 Å². The Balaban J connectivity index is 1.52. The number of nitrogens with zero attached hydrogens (tertiary/aromatic N) is 4. The second kappa shape index (κ2) is 11.1. The number of carbonyl (C=O) groups excluding carboxylic acids is 1. The number of hydrogen-bond donors (Lipinski definition) is 0. The fraction of sp³-hybridized carbons (Fsp3) is 0.400. The number of sulfonamides is 1. The van der Waals surface area contributed by atoms with Crippen LogP contribution in [-0.2, 0) is 16.6 Å². The zero-order chi connectivity index (χ0) is 25.7. The van der Waals surface area contributed by atoms with Gasteiger partial charge >= 0.3 is 0 Å². The van der Waals surface area contributed by atoms with Gasteiger partial charge in [0.25, 0.3) is 5.91 Å². The SMILES string of the molecule is CCOc1ccc(-c2noc(CN(C)S(=O)(=O)c3ccc(OC)c(C(=O)N4CCCCC4)c3)n2)cc1. The molecule has 0 radical (unpaired) electrons. The maximum Gasteiger partial charge on any atom is 0.257 e. The van der Waals surface area contributed by atoms with Gasteiger partial charge in [-0.25, -0.2) is 8.42 Å². The van der Waals surface area contributed by atoms with E-state index < -0.39 is 10.0 Å². The Bertz CT molecular complexity index is 1300. The molecule has 0 spiro atoms. The molecule has 1 aliphatic rings. The number of amides is 1. The Labute approximate surface area is 210 Å². The molecule has 0 aliphatic carbocycles. The normalized spacial score (nSPS) is 14.2. The van der Waals surface area contributed by atoms with E-state index in [0.717, 1.165) is 34.9 Å². The highest BCUT2D eigenvalue weighted by Gasteiger charge is 2.27. The first-order valence-corrected chi connectivity index (χ1v) is 13.3. The lowest BCUT2D eigenvalue weighted by atomic mass is 10.1. The number of rotatable bonds is 9. The first-order valence-electron chi connectivity index (χ1n) is 11.8. The third-order valence-corrected chi connectivity index (χ3v) is 7.80. The Morgan fingerprint density at radius 2 is 1.83 bits per heavy atom. The zero-order valence-corrected chi connectivity index (χ0v) is 21.5. The second-order valence-electron chi connectivity index (χ2n) is 8.45. The molecule has 1 fully saturated rings. The molecule has 1 amide bonds. The monoisotopic (exact) mass is 514 g/mol. The number of hydrogen-bond acceptors (Lipinski definition) is 8. The number of ether oxygens (including phenoxy) is 2. The molecule has 0 atom stereocenters. The predicted molar refractivity (Wildman–Crippen MR) is 132 cm³/mol. The second-order valence-corrected chi connectivity index (χ2v) is 10.5. The first-order chi connectivity index (χ1) is 17.3. The van der Waals surface area contributed by atoms with E-state index in [1.165, 1.54) is 32.4 Å². The van der Waals surface area contributed by atoms with Crippen LogP contribution in [0, 0.1) is 0 Å². The minimum absolute atomic E-state index is 0.0163. The van der Waals surface area contributed by atoms with E-state index in [9.17, 15) is 13.2 Å². The van der Waals surface area contributed by atoms with Crippen molar-refractivity contribution in [1.82, 2.24) is 19.3 Å². The summed E-state index contributed by atoms with van der Waals surface area (Å²) < 4.78 is 43.8. The number of piperidine rings is 1. The lowest BCUT2D eigenvalue weighted by Gasteiger charge is -2.27. The highest BCUT2D eigenvalue weighted by Crippen LogP contribution is 2.27. The van der Waals surface area contributed by atoms with Crippen LogP contribution in [0.2, 0.25) is 0 Å². The van der Waals surface area contributed by atoms with Gasteiger partial charge in [-0.1, -0.05) is 5.16 Å². The van der Waals surface area contributed by atoms with Gasteiger partial charge in [-0.05, 0) is 68.7 Å². The van der Waals surface area contributed by atoms with Gasteiger partial charge in [0.2, 0.25) is 21.7 Å². The van der Waals surface area contributed by atoms with E-state index in [4.69, 9.17) is 14.0 Å². The highest BCUT2D eigenvalue weighted by atomic mass is 32.2. The molecular weight excluding hydrogens is 484 g/mol. The van der Waals surface area contributed by atoms with Gasteiger partial charge in [-0.2, -0.15) is 9.29 Å². The molecule has 0 bridgehead atoms. The maximum absolute atomic E-state index is 13.3. The molecule has 10 nitrogen and oxygen atoms in total. The Morgan fingerprint density at radius 1 is 1.11 bits per heavy atom. The summed E-state index contributed by atoms with van der Waals surface area (Å²) in [6, 6.07) is 11.5. The van der Waals surface area contributed by atoms with Crippen molar-refractivity contribution < 1.29 is 27.2 Å². The quantitative estimate of drug-likeness (QED) is 0.426. The maximum atomic E-state index is 13.3. The first kappa shape index (κ1) is 25.6. The lowest BCUT2D eigenvalue weighted by Crippen LogP contribution is -2.36. The minimum atomic E-state index is -3.95. The van der Waals surface area contributed by atoms with E-state index in [-0.39, 0.29) is 28.8 Å². The van der Waals surface area contributed by atoms with Crippen molar-refractivity contribution in [3.05, 3.63) is 53.9 Å². The molecule has 1 aromatic heterocycles. The molecule has 0 N–H and O–H groups in total. The average Bonchev–Trinajstić information content (AvgIpc) is 3.37. The van der Waals surface area contributed by atoms with Gasteiger partial charge in [0.05, 0.1) is 30.7 Å². The molecule has 3 aromatic rings. The van der Waals surface area contributed by atoms with Crippen molar-refractivity contribution in [2.24, 2.45) is 0 Å². The van der Waals surface area contributed by atoms with Gasteiger partial charge in [-0.15, -0.1) is 0 Å². The van der Waals surface area contributed by atoms with Crippen LogP contribution in [0.15, 0.2) is 51.9 Å². The molecule has 1 saturated heterocycles. The van der Waals surface area contributed by atoms with Crippen LogP contribution < -0.4 is 9.47 Å². The summed E-state index contributed by atoms with van der Waals surface area (Å²) >= 11 is 0. The van der Waals surface area contributed by atoms with E-state index >= 15 is 0 Å². The van der Waals surface area contributed by atoms with Crippen LogP contribution in [0.5, 0.6) is 11.5 Å². The third kappa shape index (κ3) is 5.52. The van der Waals surface area contributed by atoms with Crippen LogP contribution in [0.25, 0.3) is 11.4 Å². The lowest BCUT2D eigenvalue weighted by molar-refractivity contribution is 0.0720.